The normalized spacial score (nSPS) is 15.3. The Balaban J connectivity index is 2.26. The molecule has 0 unspecified atom stereocenters. The summed E-state index contributed by atoms with van der Waals surface area (Å²) >= 11 is 0. The number of rotatable bonds is 1. The van der Waals surface area contributed by atoms with Crippen LogP contribution in [0.5, 0.6) is 0 Å². The molecule has 5 heteroatoms. The van der Waals surface area contributed by atoms with Gasteiger partial charge in [0, 0.05) is 13.1 Å². The van der Waals surface area contributed by atoms with Crippen molar-refractivity contribution in [3.63, 3.8) is 0 Å². The summed E-state index contributed by atoms with van der Waals surface area (Å²) in [7, 11) is 0. The van der Waals surface area contributed by atoms with Crippen LogP contribution in [0.15, 0.2) is 18.3 Å². The van der Waals surface area contributed by atoms with E-state index in [2.05, 4.69) is 9.97 Å². The van der Waals surface area contributed by atoms with E-state index in [1.807, 2.05) is 17.1 Å². The van der Waals surface area contributed by atoms with Crippen molar-refractivity contribution in [2.45, 2.75) is 0 Å². The van der Waals surface area contributed by atoms with Crippen molar-refractivity contribution in [3.8, 4) is 0 Å². The van der Waals surface area contributed by atoms with E-state index >= 15 is 0 Å². The molecule has 0 spiro atoms. The third-order valence-corrected chi connectivity index (χ3v) is 1.86. The molecule has 1 aromatic heterocycles. The first-order chi connectivity index (χ1) is 6.27. The Kier molecular flexibility index (Phi) is 1.84. The molecule has 2 heterocycles. The third-order valence-electron chi connectivity index (χ3n) is 1.86. The van der Waals surface area contributed by atoms with Gasteiger partial charge in [-0.2, -0.15) is 4.98 Å². The van der Waals surface area contributed by atoms with Crippen molar-refractivity contribution in [2.75, 3.05) is 23.7 Å². The van der Waals surface area contributed by atoms with Crippen LogP contribution >= 0.6 is 0 Å². The lowest BCUT2D eigenvalue weighted by Crippen LogP contribution is -2.21. The number of anilines is 2. The first-order valence-electron chi connectivity index (χ1n) is 3.95. The Morgan fingerprint density at radius 3 is 2.69 bits per heavy atom. The Bertz CT molecular complexity index is 342. The molecule has 0 saturated heterocycles. The first kappa shape index (κ1) is 7.97. The molecule has 1 aliphatic heterocycles. The summed E-state index contributed by atoms with van der Waals surface area (Å²) in [4.78, 5) is 9.57. The molecule has 1 aliphatic rings. The van der Waals surface area contributed by atoms with Gasteiger partial charge in [0.2, 0.25) is 5.95 Å². The zero-order valence-corrected chi connectivity index (χ0v) is 6.94. The molecular weight excluding hydrogens is 171 g/mol. The average Bonchev–Trinajstić information content (AvgIpc) is 2.62. The Morgan fingerprint density at radius 2 is 2.08 bits per heavy atom. The molecule has 68 valence electrons. The van der Waals surface area contributed by atoms with Crippen LogP contribution in [0.1, 0.15) is 0 Å². The molecule has 2 N–H and O–H groups in total. The number of hydrogen-bond acceptors (Lipinski definition) is 4. The highest BCUT2D eigenvalue weighted by Gasteiger charge is 2.11. The van der Waals surface area contributed by atoms with Crippen molar-refractivity contribution in [1.29, 1.82) is 0 Å². The number of aromatic nitrogens is 2. The minimum absolute atomic E-state index is 0.100. The third kappa shape index (κ3) is 1.44. The van der Waals surface area contributed by atoms with Crippen LogP contribution in [0.2, 0.25) is 0 Å². The van der Waals surface area contributed by atoms with Gasteiger partial charge in [0.15, 0.2) is 11.6 Å². The monoisotopic (exact) mass is 180 g/mol. The number of nitrogens with two attached hydrogens (primary N) is 1. The van der Waals surface area contributed by atoms with Gasteiger partial charge in [-0.3, -0.25) is 0 Å². The van der Waals surface area contributed by atoms with Gasteiger partial charge < -0.3 is 10.6 Å². The van der Waals surface area contributed by atoms with E-state index < -0.39 is 5.82 Å². The predicted octanol–water partition coefficient (Wildman–Crippen LogP) is 0.574. The van der Waals surface area contributed by atoms with E-state index in [0.29, 0.717) is 5.95 Å². The minimum Gasteiger partial charge on any atom is -0.381 e. The number of nitrogen functional groups attached to an aromatic ring is 1. The van der Waals surface area contributed by atoms with Crippen molar-refractivity contribution in [3.05, 3.63) is 24.2 Å². The van der Waals surface area contributed by atoms with Crippen molar-refractivity contribution in [2.24, 2.45) is 0 Å². The van der Waals surface area contributed by atoms with Crippen LogP contribution < -0.4 is 10.6 Å². The highest BCUT2D eigenvalue weighted by Crippen LogP contribution is 2.13. The molecule has 0 radical (unpaired) electrons. The lowest BCUT2D eigenvalue weighted by molar-refractivity contribution is 0.618. The van der Waals surface area contributed by atoms with Crippen LogP contribution in [0, 0.1) is 5.82 Å². The van der Waals surface area contributed by atoms with Gasteiger partial charge in [-0.25, -0.2) is 9.37 Å². The molecule has 0 bridgehead atoms. The largest absolute Gasteiger partial charge is 0.381 e. The van der Waals surface area contributed by atoms with Gasteiger partial charge >= 0.3 is 0 Å². The highest BCUT2D eigenvalue weighted by molar-refractivity contribution is 5.41. The molecule has 0 atom stereocenters. The summed E-state index contributed by atoms with van der Waals surface area (Å²) < 4.78 is 12.7. The van der Waals surface area contributed by atoms with Gasteiger partial charge in [0.25, 0.3) is 0 Å². The number of halogens is 1. The average molecular weight is 180 g/mol. The summed E-state index contributed by atoms with van der Waals surface area (Å²) in [6, 6.07) is 0. The predicted molar refractivity (Wildman–Crippen MR) is 47.8 cm³/mol. The van der Waals surface area contributed by atoms with Crippen LogP contribution in [0.25, 0.3) is 0 Å². The molecule has 13 heavy (non-hydrogen) atoms. The standard InChI is InChI=1S/C8H9FN4/c9-6-5-11-8(12-7(6)10)13-3-1-2-4-13/h1-2,5H,3-4H2,(H2,10,11,12). The lowest BCUT2D eigenvalue weighted by Gasteiger charge is -2.14. The molecule has 1 aromatic rings. The SMILES string of the molecule is Nc1nc(N2CC=CC2)ncc1F. The fraction of sp³-hybridized carbons (Fsp3) is 0.250. The minimum atomic E-state index is -0.573. The molecule has 0 saturated carbocycles. The van der Waals surface area contributed by atoms with E-state index in [-0.39, 0.29) is 5.82 Å². The van der Waals surface area contributed by atoms with Crippen molar-refractivity contribution in [1.82, 2.24) is 9.97 Å². The molecule has 4 nitrogen and oxygen atoms in total. The second-order valence-electron chi connectivity index (χ2n) is 2.78. The topological polar surface area (TPSA) is 55.0 Å². The van der Waals surface area contributed by atoms with Gasteiger partial charge in [0.1, 0.15) is 0 Å². The fourth-order valence-electron chi connectivity index (χ4n) is 1.16. The number of hydrogen-bond donors (Lipinski definition) is 1. The summed E-state index contributed by atoms with van der Waals surface area (Å²) in [5.41, 5.74) is 5.32. The lowest BCUT2D eigenvalue weighted by atomic mass is 10.5. The Labute approximate surface area is 74.9 Å². The molecular formula is C8H9FN4. The van der Waals surface area contributed by atoms with Crippen LogP contribution in [0.4, 0.5) is 16.2 Å². The van der Waals surface area contributed by atoms with Crippen LogP contribution in [-0.2, 0) is 0 Å². The maximum atomic E-state index is 12.7. The van der Waals surface area contributed by atoms with Crippen LogP contribution in [-0.4, -0.2) is 23.1 Å². The van der Waals surface area contributed by atoms with Gasteiger partial charge in [-0.05, 0) is 0 Å². The summed E-state index contributed by atoms with van der Waals surface area (Å²) in [5, 5.41) is 0. The molecule has 0 fully saturated rings. The molecule has 0 amide bonds. The highest BCUT2D eigenvalue weighted by atomic mass is 19.1. The smallest absolute Gasteiger partial charge is 0.228 e. The molecule has 2 rings (SSSR count). The molecule has 0 aromatic carbocycles. The summed E-state index contributed by atoms with van der Waals surface area (Å²) in [6.07, 6.45) is 5.10. The zero-order valence-electron chi connectivity index (χ0n) is 6.94. The summed E-state index contributed by atoms with van der Waals surface area (Å²) in [5.74, 6) is -0.197. The second-order valence-corrected chi connectivity index (χ2v) is 2.78. The van der Waals surface area contributed by atoms with Gasteiger partial charge in [-0.15, -0.1) is 0 Å². The zero-order chi connectivity index (χ0) is 9.26. The van der Waals surface area contributed by atoms with Crippen molar-refractivity contribution < 1.29 is 4.39 Å². The summed E-state index contributed by atoms with van der Waals surface area (Å²) in [6.45, 7) is 1.51. The maximum Gasteiger partial charge on any atom is 0.228 e. The first-order valence-corrected chi connectivity index (χ1v) is 3.95. The molecule has 0 aliphatic carbocycles. The van der Waals surface area contributed by atoms with E-state index in [1.54, 1.807) is 0 Å². The van der Waals surface area contributed by atoms with Gasteiger partial charge in [0.05, 0.1) is 6.20 Å². The fourth-order valence-corrected chi connectivity index (χ4v) is 1.16. The maximum absolute atomic E-state index is 12.7. The van der Waals surface area contributed by atoms with E-state index in [9.17, 15) is 4.39 Å². The van der Waals surface area contributed by atoms with Crippen molar-refractivity contribution >= 4 is 11.8 Å². The Morgan fingerprint density at radius 1 is 1.38 bits per heavy atom. The second kappa shape index (κ2) is 3.01. The van der Waals surface area contributed by atoms with E-state index in [0.717, 1.165) is 19.3 Å². The Hall–Kier alpha value is -1.65. The van der Waals surface area contributed by atoms with E-state index in [1.165, 1.54) is 0 Å². The van der Waals surface area contributed by atoms with Crippen LogP contribution in [0.3, 0.4) is 0 Å². The number of nitrogens with zero attached hydrogens (tertiary/aromatic N) is 3. The van der Waals surface area contributed by atoms with E-state index in [4.69, 9.17) is 5.73 Å². The van der Waals surface area contributed by atoms with Gasteiger partial charge in [-0.1, -0.05) is 12.2 Å². The quantitative estimate of drug-likeness (QED) is 0.642.